The number of fused-ring (bicyclic) bond motifs is 2. The molecule has 1 aliphatic heterocycles. The third kappa shape index (κ3) is 3.03. The van der Waals surface area contributed by atoms with E-state index in [4.69, 9.17) is 13.9 Å². The Bertz CT molecular complexity index is 1070. The Morgan fingerprint density at radius 3 is 2.74 bits per heavy atom. The van der Waals surface area contributed by atoms with Crippen LogP contribution in [0.25, 0.3) is 11.0 Å². The van der Waals surface area contributed by atoms with Gasteiger partial charge in [0.25, 0.3) is 5.91 Å². The monoisotopic (exact) mass is 365 g/mol. The van der Waals surface area contributed by atoms with Crippen molar-refractivity contribution in [2.24, 2.45) is 0 Å². The van der Waals surface area contributed by atoms with Gasteiger partial charge in [-0.2, -0.15) is 0 Å². The van der Waals surface area contributed by atoms with E-state index >= 15 is 0 Å². The summed E-state index contributed by atoms with van der Waals surface area (Å²) in [6.07, 6.45) is 1.25. The maximum absolute atomic E-state index is 13.1. The van der Waals surface area contributed by atoms with Crippen molar-refractivity contribution in [1.29, 1.82) is 0 Å². The van der Waals surface area contributed by atoms with Gasteiger partial charge in [-0.15, -0.1) is 0 Å². The number of hydrogen-bond donors (Lipinski definition) is 0. The van der Waals surface area contributed by atoms with Crippen LogP contribution in [-0.2, 0) is 6.54 Å². The summed E-state index contributed by atoms with van der Waals surface area (Å²) in [4.78, 5) is 27.6. The van der Waals surface area contributed by atoms with E-state index in [-0.39, 0.29) is 29.7 Å². The quantitative estimate of drug-likeness (QED) is 0.707. The van der Waals surface area contributed by atoms with Crippen LogP contribution in [-0.4, -0.2) is 23.6 Å². The Balaban J connectivity index is 1.71. The topological polar surface area (TPSA) is 69.0 Å². The predicted molar refractivity (Wildman–Crippen MR) is 100 cm³/mol. The average molecular weight is 365 g/mol. The zero-order chi connectivity index (χ0) is 19.0. The third-order valence-corrected chi connectivity index (χ3v) is 4.61. The molecule has 0 bridgehead atoms. The molecule has 1 aromatic heterocycles. The number of nitrogens with zero attached hydrogens (tertiary/aromatic N) is 1. The Morgan fingerprint density at radius 2 is 1.93 bits per heavy atom. The fourth-order valence-electron chi connectivity index (χ4n) is 3.17. The van der Waals surface area contributed by atoms with Crippen LogP contribution >= 0.6 is 0 Å². The summed E-state index contributed by atoms with van der Waals surface area (Å²) >= 11 is 0. The highest BCUT2D eigenvalue weighted by Gasteiger charge is 2.26. The minimum Gasteiger partial charge on any atom is -0.463 e. The van der Waals surface area contributed by atoms with Crippen LogP contribution in [0.5, 0.6) is 11.5 Å². The van der Waals surface area contributed by atoms with E-state index in [1.807, 2.05) is 32.0 Å². The minimum atomic E-state index is -0.374. The van der Waals surface area contributed by atoms with Crippen molar-refractivity contribution in [3.05, 3.63) is 70.1 Å². The molecule has 0 saturated heterocycles. The van der Waals surface area contributed by atoms with Crippen molar-refractivity contribution in [3.63, 3.8) is 0 Å². The van der Waals surface area contributed by atoms with Crippen LogP contribution < -0.4 is 14.9 Å². The molecule has 0 radical (unpaired) electrons. The van der Waals surface area contributed by atoms with Gasteiger partial charge in [0, 0.05) is 11.6 Å². The van der Waals surface area contributed by atoms with Crippen molar-refractivity contribution in [2.45, 2.75) is 26.4 Å². The molecular formula is C21H19NO5. The highest BCUT2D eigenvalue weighted by Crippen LogP contribution is 2.36. The molecule has 2 aromatic carbocycles. The minimum absolute atomic E-state index is 0.0205. The Kier molecular flexibility index (Phi) is 4.32. The molecule has 0 atom stereocenters. The van der Waals surface area contributed by atoms with Gasteiger partial charge in [0.15, 0.2) is 11.5 Å². The maximum Gasteiger partial charge on any atom is 0.261 e. The molecule has 0 fully saturated rings. The fourth-order valence-corrected chi connectivity index (χ4v) is 3.17. The first-order chi connectivity index (χ1) is 13.1. The number of rotatable bonds is 4. The van der Waals surface area contributed by atoms with Crippen LogP contribution in [0.3, 0.4) is 0 Å². The molecule has 1 amide bonds. The molecule has 0 spiro atoms. The van der Waals surface area contributed by atoms with Gasteiger partial charge in [0.05, 0.1) is 11.9 Å². The lowest BCUT2D eigenvalue weighted by atomic mass is 10.1. The molecule has 0 N–H and O–H groups in total. The fraction of sp³-hybridized carbons (Fsp3) is 0.238. The molecule has 27 heavy (non-hydrogen) atoms. The SMILES string of the molecule is CC(C)N(Cc1cccc2c1OCO2)C(=O)c1coc2ccccc2c1=O. The molecule has 4 rings (SSSR count). The van der Waals surface area contributed by atoms with Crippen molar-refractivity contribution in [2.75, 3.05) is 6.79 Å². The van der Waals surface area contributed by atoms with Crippen LogP contribution in [0.2, 0.25) is 0 Å². The summed E-state index contributed by atoms with van der Waals surface area (Å²) in [6.45, 7) is 4.27. The Hall–Kier alpha value is -3.28. The first kappa shape index (κ1) is 17.1. The van der Waals surface area contributed by atoms with E-state index in [0.29, 0.717) is 29.0 Å². The van der Waals surface area contributed by atoms with Gasteiger partial charge >= 0.3 is 0 Å². The lowest BCUT2D eigenvalue weighted by molar-refractivity contribution is 0.0685. The average Bonchev–Trinajstić information content (AvgIpc) is 3.15. The molecule has 0 saturated carbocycles. The number of hydrogen-bond acceptors (Lipinski definition) is 5. The van der Waals surface area contributed by atoms with E-state index in [9.17, 15) is 9.59 Å². The standard InChI is InChI=1S/C21H19NO5/c1-13(2)22(10-14-6-5-9-18-20(14)27-12-26-18)21(24)16-11-25-17-8-4-3-7-15(17)19(16)23/h3-9,11,13H,10,12H2,1-2H3. The number of para-hydroxylation sites is 2. The normalized spacial score (nSPS) is 12.6. The molecule has 138 valence electrons. The van der Waals surface area contributed by atoms with Crippen molar-refractivity contribution in [3.8, 4) is 11.5 Å². The van der Waals surface area contributed by atoms with Gasteiger partial charge in [0.2, 0.25) is 12.2 Å². The van der Waals surface area contributed by atoms with Gasteiger partial charge in [-0.1, -0.05) is 24.3 Å². The zero-order valence-electron chi connectivity index (χ0n) is 15.1. The summed E-state index contributed by atoms with van der Waals surface area (Å²) in [5, 5.41) is 0.393. The van der Waals surface area contributed by atoms with Crippen molar-refractivity contribution < 1.29 is 18.7 Å². The van der Waals surface area contributed by atoms with Crippen molar-refractivity contribution in [1.82, 2.24) is 4.90 Å². The second-order valence-corrected chi connectivity index (χ2v) is 6.65. The molecule has 6 nitrogen and oxygen atoms in total. The zero-order valence-corrected chi connectivity index (χ0v) is 15.1. The second-order valence-electron chi connectivity index (χ2n) is 6.65. The molecule has 0 unspecified atom stereocenters. The highest BCUT2D eigenvalue weighted by atomic mass is 16.7. The van der Waals surface area contributed by atoms with Gasteiger partial charge < -0.3 is 18.8 Å². The summed E-state index contributed by atoms with van der Waals surface area (Å²) in [6, 6.07) is 12.3. The second kappa shape index (κ2) is 6.79. The predicted octanol–water partition coefficient (Wildman–Crippen LogP) is 3.57. The summed E-state index contributed by atoms with van der Waals surface area (Å²) in [7, 11) is 0. The first-order valence-corrected chi connectivity index (χ1v) is 8.75. The third-order valence-electron chi connectivity index (χ3n) is 4.61. The lowest BCUT2D eigenvalue weighted by Crippen LogP contribution is -2.38. The van der Waals surface area contributed by atoms with E-state index < -0.39 is 0 Å². The number of amides is 1. The molecule has 6 heteroatoms. The Morgan fingerprint density at radius 1 is 1.11 bits per heavy atom. The van der Waals surface area contributed by atoms with Crippen LogP contribution in [0.1, 0.15) is 29.8 Å². The molecule has 0 aliphatic carbocycles. The largest absolute Gasteiger partial charge is 0.463 e. The van der Waals surface area contributed by atoms with E-state index in [1.165, 1.54) is 6.26 Å². The molecule has 1 aliphatic rings. The lowest BCUT2D eigenvalue weighted by Gasteiger charge is -2.27. The summed E-state index contributed by atoms with van der Waals surface area (Å²) < 4.78 is 16.4. The highest BCUT2D eigenvalue weighted by molar-refractivity contribution is 5.96. The van der Waals surface area contributed by atoms with E-state index in [1.54, 1.807) is 29.2 Å². The van der Waals surface area contributed by atoms with E-state index in [2.05, 4.69) is 0 Å². The molecule has 3 aromatic rings. The van der Waals surface area contributed by atoms with E-state index in [0.717, 1.165) is 5.56 Å². The molecule has 2 heterocycles. The number of benzene rings is 2. The van der Waals surface area contributed by atoms with Gasteiger partial charge in [0.1, 0.15) is 17.4 Å². The van der Waals surface area contributed by atoms with Gasteiger partial charge in [-0.25, -0.2) is 0 Å². The van der Waals surface area contributed by atoms with Crippen LogP contribution in [0, 0.1) is 0 Å². The number of carbonyl (C=O) groups is 1. The Labute approximate surface area is 155 Å². The summed E-state index contributed by atoms with van der Waals surface area (Å²) in [5.41, 5.74) is 0.983. The number of carbonyl (C=O) groups excluding carboxylic acids is 1. The van der Waals surface area contributed by atoms with Gasteiger partial charge in [-0.05, 0) is 32.0 Å². The molecular weight excluding hydrogens is 346 g/mol. The number of ether oxygens (including phenoxy) is 2. The maximum atomic E-state index is 13.1. The van der Waals surface area contributed by atoms with Crippen molar-refractivity contribution >= 4 is 16.9 Å². The van der Waals surface area contributed by atoms with Crippen LogP contribution in [0.4, 0.5) is 0 Å². The summed E-state index contributed by atoms with van der Waals surface area (Å²) in [5.74, 6) is 0.927. The van der Waals surface area contributed by atoms with Gasteiger partial charge in [-0.3, -0.25) is 9.59 Å². The first-order valence-electron chi connectivity index (χ1n) is 8.75. The smallest absolute Gasteiger partial charge is 0.261 e. The van der Waals surface area contributed by atoms with Crippen LogP contribution in [0.15, 0.2) is 57.9 Å².